The number of hydrogen-bond acceptors (Lipinski definition) is 7. The van der Waals surface area contributed by atoms with Gasteiger partial charge in [0.25, 0.3) is 11.8 Å². The molecule has 2 amide bonds. The molecule has 0 saturated carbocycles. The van der Waals surface area contributed by atoms with Crippen LogP contribution in [0.25, 0.3) is 0 Å². The summed E-state index contributed by atoms with van der Waals surface area (Å²) in [6.07, 6.45) is 0.883. The molecule has 8 heteroatoms. The highest BCUT2D eigenvalue weighted by atomic mass is 16.8. The Labute approximate surface area is 122 Å². The molecule has 0 aliphatic carbocycles. The van der Waals surface area contributed by atoms with E-state index in [0.29, 0.717) is 24.3 Å². The van der Waals surface area contributed by atoms with Gasteiger partial charge in [-0.1, -0.05) is 5.06 Å². The molecular formula is C13H19NO7. The molecule has 1 rings (SSSR count). The highest BCUT2D eigenvalue weighted by Gasteiger charge is 2.33. The number of rotatable bonds is 5. The van der Waals surface area contributed by atoms with Gasteiger partial charge in [-0.25, -0.2) is 4.79 Å². The third-order valence-corrected chi connectivity index (χ3v) is 2.40. The molecule has 0 spiro atoms. The van der Waals surface area contributed by atoms with Crippen molar-refractivity contribution in [3.63, 3.8) is 0 Å². The van der Waals surface area contributed by atoms with Crippen molar-refractivity contribution in [2.45, 2.75) is 46.0 Å². The Bertz CT molecular complexity index is 400. The van der Waals surface area contributed by atoms with E-state index in [1.54, 1.807) is 13.8 Å². The van der Waals surface area contributed by atoms with Gasteiger partial charge in [0.1, 0.15) is 11.6 Å². The van der Waals surface area contributed by atoms with Gasteiger partial charge in [-0.15, -0.1) is 0 Å². The first-order chi connectivity index (χ1) is 9.77. The number of nitrogens with zero attached hydrogens (tertiary/aromatic N) is 1. The molecule has 8 nitrogen and oxygen atoms in total. The van der Waals surface area contributed by atoms with Crippen LogP contribution < -0.4 is 0 Å². The number of ketones is 2. The molecule has 0 radical (unpaired) electrons. The fourth-order valence-electron chi connectivity index (χ4n) is 1.36. The largest absolute Gasteiger partial charge is 0.533 e. The summed E-state index contributed by atoms with van der Waals surface area (Å²) in [6.45, 7) is 3.08. The zero-order valence-corrected chi connectivity index (χ0v) is 12.3. The zero-order valence-electron chi connectivity index (χ0n) is 12.3. The van der Waals surface area contributed by atoms with Gasteiger partial charge in [0, 0.05) is 25.7 Å². The number of ether oxygens (including phenoxy) is 1. The molecule has 1 aliphatic rings. The Morgan fingerprint density at radius 3 is 1.76 bits per heavy atom. The molecule has 0 aromatic heterocycles. The summed E-state index contributed by atoms with van der Waals surface area (Å²) in [5.74, 6) is -0.719. The number of carbonyl (C=O) groups excluding carboxylic acids is 5. The van der Waals surface area contributed by atoms with Gasteiger partial charge in [-0.05, 0) is 20.3 Å². The molecule has 21 heavy (non-hydrogen) atoms. The molecule has 1 fully saturated rings. The minimum absolute atomic E-state index is 0.0792. The number of carbonyl (C=O) groups is 5. The molecule has 0 bridgehead atoms. The lowest BCUT2D eigenvalue weighted by atomic mass is 10.1. The van der Waals surface area contributed by atoms with Gasteiger partial charge in [0.05, 0.1) is 7.11 Å². The van der Waals surface area contributed by atoms with Crippen LogP contribution in [0.2, 0.25) is 0 Å². The van der Waals surface area contributed by atoms with Crippen LogP contribution in [0, 0.1) is 0 Å². The predicted octanol–water partition coefficient (Wildman–Crippen LogP) is 1.17. The average molecular weight is 301 g/mol. The van der Waals surface area contributed by atoms with E-state index in [9.17, 15) is 24.0 Å². The molecule has 1 saturated heterocycles. The maximum atomic E-state index is 10.8. The fraction of sp³-hybridized carbons (Fsp3) is 0.615. The van der Waals surface area contributed by atoms with E-state index in [0.717, 1.165) is 7.11 Å². The van der Waals surface area contributed by atoms with Crippen molar-refractivity contribution >= 4 is 29.5 Å². The first-order valence-corrected chi connectivity index (χ1v) is 6.38. The summed E-state index contributed by atoms with van der Waals surface area (Å²) in [6, 6.07) is 0. The molecule has 118 valence electrons. The predicted molar refractivity (Wildman–Crippen MR) is 69.8 cm³/mol. The summed E-state index contributed by atoms with van der Waals surface area (Å²) in [5, 5.41) is 0.422. The van der Waals surface area contributed by atoms with Gasteiger partial charge in [-0.3, -0.25) is 14.4 Å². The van der Waals surface area contributed by atoms with E-state index < -0.39 is 18.0 Å². The Morgan fingerprint density at radius 2 is 1.43 bits per heavy atom. The summed E-state index contributed by atoms with van der Waals surface area (Å²) >= 11 is 0. The quantitative estimate of drug-likeness (QED) is 0.554. The lowest BCUT2D eigenvalue weighted by molar-refractivity contribution is -0.176. The number of methoxy groups -OCH3 is 1. The number of Topliss-reactive ketones (excluding diaryl/α,β-unsaturated/α-hetero) is 2. The fourth-order valence-corrected chi connectivity index (χ4v) is 1.36. The van der Waals surface area contributed by atoms with Crippen molar-refractivity contribution in [1.82, 2.24) is 5.06 Å². The molecule has 1 heterocycles. The average Bonchev–Trinajstić information content (AvgIpc) is 2.70. The van der Waals surface area contributed by atoms with Crippen LogP contribution in [0.3, 0.4) is 0 Å². The summed E-state index contributed by atoms with van der Waals surface area (Å²) in [7, 11) is 1.09. The van der Waals surface area contributed by atoms with E-state index in [-0.39, 0.29) is 24.4 Å². The first kappa shape index (κ1) is 18.8. The molecule has 0 unspecified atom stereocenters. The Kier molecular flexibility index (Phi) is 8.59. The van der Waals surface area contributed by atoms with E-state index in [1.165, 1.54) is 0 Å². The lowest BCUT2D eigenvalue weighted by Gasteiger charge is -2.10. The Hall–Kier alpha value is -2.25. The molecule has 1 aliphatic heterocycles. The number of hydrogen-bond donors (Lipinski definition) is 0. The third-order valence-electron chi connectivity index (χ3n) is 2.40. The Balaban J connectivity index is 0.000000400. The van der Waals surface area contributed by atoms with Gasteiger partial charge >= 0.3 is 6.16 Å². The second kappa shape index (κ2) is 9.62. The molecular weight excluding hydrogens is 282 g/mol. The van der Waals surface area contributed by atoms with Crippen LogP contribution in [-0.4, -0.2) is 41.7 Å². The first-order valence-electron chi connectivity index (χ1n) is 6.38. The minimum atomic E-state index is -1.07. The van der Waals surface area contributed by atoms with Gasteiger partial charge in [0.15, 0.2) is 0 Å². The van der Waals surface area contributed by atoms with Crippen LogP contribution in [0.4, 0.5) is 4.79 Å². The highest BCUT2D eigenvalue weighted by molar-refractivity contribution is 6.01. The van der Waals surface area contributed by atoms with Gasteiger partial charge in [0.2, 0.25) is 0 Å². The minimum Gasteiger partial charge on any atom is -0.436 e. The monoisotopic (exact) mass is 301 g/mol. The summed E-state index contributed by atoms with van der Waals surface area (Å²) < 4.78 is 4.10. The van der Waals surface area contributed by atoms with Crippen molar-refractivity contribution in [3.8, 4) is 0 Å². The van der Waals surface area contributed by atoms with Gasteiger partial charge < -0.3 is 14.3 Å². The maximum absolute atomic E-state index is 10.8. The maximum Gasteiger partial charge on any atom is 0.533 e. The summed E-state index contributed by atoms with van der Waals surface area (Å²) in [4.78, 5) is 57.0. The van der Waals surface area contributed by atoms with Crippen molar-refractivity contribution in [2.75, 3.05) is 7.11 Å². The van der Waals surface area contributed by atoms with Gasteiger partial charge in [-0.2, -0.15) is 0 Å². The Morgan fingerprint density at radius 1 is 1.00 bits per heavy atom. The van der Waals surface area contributed by atoms with Crippen LogP contribution in [0.1, 0.15) is 46.0 Å². The van der Waals surface area contributed by atoms with E-state index in [1.807, 2.05) is 0 Å². The lowest BCUT2D eigenvalue weighted by Crippen LogP contribution is -2.31. The smallest absolute Gasteiger partial charge is 0.436 e. The highest BCUT2D eigenvalue weighted by Crippen LogP contribution is 2.12. The number of hydroxylamine groups is 2. The van der Waals surface area contributed by atoms with Crippen molar-refractivity contribution in [3.05, 3.63) is 0 Å². The van der Waals surface area contributed by atoms with E-state index in [2.05, 4.69) is 9.57 Å². The molecule has 0 aromatic carbocycles. The third kappa shape index (κ3) is 8.51. The molecule has 0 atom stereocenters. The zero-order chi connectivity index (χ0) is 16.4. The van der Waals surface area contributed by atoms with Crippen molar-refractivity contribution in [2.24, 2.45) is 0 Å². The SMILES string of the molecule is CC(=O)CCCC(C)=O.COC(=O)ON1C(=O)CCC1=O. The van der Waals surface area contributed by atoms with Crippen LogP contribution in [0.15, 0.2) is 0 Å². The number of amides is 2. The van der Waals surface area contributed by atoms with E-state index >= 15 is 0 Å². The van der Waals surface area contributed by atoms with Crippen molar-refractivity contribution in [1.29, 1.82) is 0 Å². The molecule has 0 N–H and O–H groups in total. The molecule has 0 aromatic rings. The van der Waals surface area contributed by atoms with E-state index in [4.69, 9.17) is 0 Å². The summed E-state index contributed by atoms with van der Waals surface area (Å²) in [5.41, 5.74) is 0. The number of imide groups is 1. The topological polar surface area (TPSA) is 107 Å². The van der Waals surface area contributed by atoms with Crippen LogP contribution >= 0.6 is 0 Å². The second-order valence-corrected chi connectivity index (χ2v) is 4.38. The standard InChI is InChI=1S/C7H12O2.C6H7NO5/c1-6(8)4-3-5-7(2)9;1-11-6(10)12-7-4(8)2-3-5(7)9/h3-5H2,1-2H3;2-3H2,1H3. The van der Waals surface area contributed by atoms with Crippen molar-refractivity contribution < 1.29 is 33.5 Å². The van der Waals surface area contributed by atoms with Crippen LogP contribution in [0.5, 0.6) is 0 Å². The van der Waals surface area contributed by atoms with Crippen LogP contribution in [-0.2, 0) is 28.8 Å². The normalized spacial score (nSPS) is 13.4. The second-order valence-electron chi connectivity index (χ2n) is 4.38.